The van der Waals surface area contributed by atoms with Gasteiger partial charge in [0.05, 0.1) is 5.69 Å². The molecule has 2 aromatic rings. The summed E-state index contributed by atoms with van der Waals surface area (Å²) in [5, 5.41) is 4.49. The summed E-state index contributed by atoms with van der Waals surface area (Å²) in [5.74, 6) is -0.103. The number of fused-ring (bicyclic) bond motifs is 1. The molecule has 0 unspecified atom stereocenters. The van der Waals surface area contributed by atoms with Crippen LogP contribution in [-0.2, 0) is 0 Å². The summed E-state index contributed by atoms with van der Waals surface area (Å²) in [6.45, 7) is 1.51. The maximum atomic E-state index is 12.3. The van der Waals surface area contributed by atoms with E-state index < -0.39 is 0 Å². The van der Waals surface area contributed by atoms with Crippen molar-refractivity contribution in [2.75, 3.05) is 25.9 Å². The van der Waals surface area contributed by atoms with Gasteiger partial charge in [0.1, 0.15) is 4.88 Å². The van der Waals surface area contributed by atoms with Crippen molar-refractivity contribution in [2.24, 2.45) is 0 Å². The molecular weight excluding hydrogens is 306 g/mol. The number of thiophene rings is 1. The molecular formula is C15H18ClN3OS. The smallest absolute Gasteiger partial charge is 0.263 e. The number of carbonyl (C=O) groups excluding carboxylic acids is 1. The van der Waals surface area contributed by atoms with Gasteiger partial charge in [-0.3, -0.25) is 4.79 Å². The Bertz CT molecular complexity index is 681. The molecule has 0 radical (unpaired) electrons. The predicted molar refractivity (Wildman–Crippen MR) is 89.2 cm³/mol. The van der Waals surface area contributed by atoms with E-state index in [1.165, 1.54) is 24.2 Å². The number of likely N-dealkylation sites (N-methyl/N-ethyl adjacent to an activating group) is 1. The first kappa shape index (κ1) is 14.6. The quantitative estimate of drug-likeness (QED) is 0.889. The van der Waals surface area contributed by atoms with Gasteiger partial charge in [-0.1, -0.05) is 11.6 Å². The lowest BCUT2D eigenvalue weighted by molar-refractivity contribution is 0.0954. The van der Waals surface area contributed by atoms with Crippen molar-refractivity contribution < 1.29 is 4.79 Å². The van der Waals surface area contributed by atoms with Crippen LogP contribution in [0, 0.1) is 0 Å². The number of rotatable bonds is 5. The molecule has 0 atom stereocenters. The Balaban J connectivity index is 1.67. The standard InChI is InChI=1S/C15H18ClN3OS/c1-19(10-3-4-10)7-6-18-15(20)14-13(17)11-5-2-9(16)8-12(11)21-14/h2,5,8,10H,3-4,6-7,17H2,1H3,(H,18,20). The van der Waals surface area contributed by atoms with Crippen LogP contribution in [-0.4, -0.2) is 37.0 Å². The van der Waals surface area contributed by atoms with Gasteiger partial charge in [0, 0.05) is 34.2 Å². The molecule has 1 amide bonds. The van der Waals surface area contributed by atoms with Crippen molar-refractivity contribution in [3.63, 3.8) is 0 Å². The highest BCUT2D eigenvalue weighted by Crippen LogP contribution is 2.35. The first-order chi connectivity index (χ1) is 10.1. The van der Waals surface area contributed by atoms with Crippen molar-refractivity contribution in [3.8, 4) is 0 Å². The molecule has 3 rings (SSSR count). The highest BCUT2D eigenvalue weighted by Gasteiger charge is 2.25. The van der Waals surface area contributed by atoms with Gasteiger partial charge in [-0.05, 0) is 38.1 Å². The zero-order chi connectivity index (χ0) is 15.0. The van der Waals surface area contributed by atoms with E-state index in [0.29, 0.717) is 28.2 Å². The fourth-order valence-corrected chi connectivity index (χ4v) is 3.70. The van der Waals surface area contributed by atoms with E-state index >= 15 is 0 Å². The van der Waals surface area contributed by atoms with E-state index in [1.54, 1.807) is 6.07 Å². The van der Waals surface area contributed by atoms with Crippen LogP contribution < -0.4 is 11.1 Å². The third kappa shape index (κ3) is 3.15. The van der Waals surface area contributed by atoms with E-state index in [9.17, 15) is 4.79 Å². The van der Waals surface area contributed by atoms with Crippen molar-refractivity contribution in [1.29, 1.82) is 0 Å². The number of nitrogens with zero attached hydrogens (tertiary/aromatic N) is 1. The van der Waals surface area contributed by atoms with E-state index in [1.807, 2.05) is 12.1 Å². The van der Waals surface area contributed by atoms with Crippen molar-refractivity contribution in [2.45, 2.75) is 18.9 Å². The number of nitrogens with one attached hydrogen (secondary N) is 1. The number of amides is 1. The Morgan fingerprint density at radius 2 is 2.29 bits per heavy atom. The summed E-state index contributed by atoms with van der Waals surface area (Å²) in [7, 11) is 2.10. The molecule has 112 valence electrons. The largest absolute Gasteiger partial charge is 0.397 e. The Morgan fingerprint density at radius 1 is 1.52 bits per heavy atom. The van der Waals surface area contributed by atoms with Crippen LogP contribution in [0.5, 0.6) is 0 Å². The molecule has 4 nitrogen and oxygen atoms in total. The Kier molecular flexibility index (Phi) is 4.06. The van der Waals surface area contributed by atoms with Gasteiger partial charge in [-0.15, -0.1) is 11.3 Å². The van der Waals surface area contributed by atoms with Gasteiger partial charge in [-0.25, -0.2) is 0 Å². The second kappa shape index (κ2) is 5.83. The number of benzene rings is 1. The van der Waals surface area contributed by atoms with Crippen LogP contribution in [0.2, 0.25) is 5.02 Å². The molecule has 21 heavy (non-hydrogen) atoms. The van der Waals surface area contributed by atoms with Gasteiger partial charge < -0.3 is 16.0 Å². The summed E-state index contributed by atoms with van der Waals surface area (Å²) in [5.41, 5.74) is 6.62. The number of nitrogens with two attached hydrogens (primary N) is 1. The minimum absolute atomic E-state index is 0.103. The molecule has 1 aromatic carbocycles. The molecule has 0 bridgehead atoms. The lowest BCUT2D eigenvalue weighted by Gasteiger charge is -2.15. The highest BCUT2D eigenvalue weighted by molar-refractivity contribution is 7.21. The zero-order valence-corrected chi connectivity index (χ0v) is 13.4. The van der Waals surface area contributed by atoms with Gasteiger partial charge >= 0.3 is 0 Å². The van der Waals surface area contributed by atoms with Crippen LogP contribution in [0.25, 0.3) is 10.1 Å². The minimum Gasteiger partial charge on any atom is -0.397 e. The van der Waals surface area contributed by atoms with E-state index in [2.05, 4.69) is 17.3 Å². The Hall–Kier alpha value is -1.30. The second-order valence-corrected chi connectivity index (χ2v) is 6.94. The molecule has 0 saturated heterocycles. The fourth-order valence-electron chi connectivity index (χ4n) is 2.38. The summed E-state index contributed by atoms with van der Waals surface area (Å²) < 4.78 is 0.945. The van der Waals surface area contributed by atoms with Crippen LogP contribution in [0.3, 0.4) is 0 Å². The maximum Gasteiger partial charge on any atom is 0.263 e. The van der Waals surface area contributed by atoms with Crippen LogP contribution >= 0.6 is 22.9 Å². The Morgan fingerprint density at radius 3 is 3.00 bits per heavy atom. The number of hydrogen-bond donors (Lipinski definition) is 2. The van der Waals surface area contributed by atoms with Crippen molar-refractivity contribution in [1.82, 2.24) is 10.2 Å². The molecule has 6 heteroatoms. The first-order valence-electron chi connectivity index (χ1n) is 7.02. The number of anilines is 1. The second-order valence-electron chi connectivity index (χ2n) is 5.45. The molecule has 0 spiro atoms. The maximum absolute atomic E-state index is 12.3. The number of halogens is 1. The third-order valence-electron chi connectivity index (χ3n) is 3.82. The number of hydrogen-bond acceptors (Lipinski definition) is 4. The normalized spacial score (nSPS) is 14.8. The van der Waals surface area contributed by atoms with Gasteiger partial charge in [0.15, 0.2) is 0 Å². The van der Waals surface area contributed by atoms with Crippen LogP contribution in [0.1, 0.15) is 22.5 Å². The summed E-state index contributed by atoms with van der Waals surface area (Å²) >= 11 is 7.36. The molecule has 1 heterocycles. The average molecular weight is 324 g/mol. The molecule has 1 aliphatic rings. The van der Waals surface area contributed by atoms with Crippen molar-refractivity contribution in [3.05, 3.63) is 28.1 Å². The molecule has 1 fully saturated rings. The molecule has 1 aromatic heterocycles. The van der Waals surface area contributed by atoms with E-state index in [-0.39, 0.29) is 5.91 Å². The van der Waals surface area contributed by atoms with E-state index in [4.69, 9.17) is 17.3 Å². The lowest BCUT2D eigenvalue weighted by atomic mass is 10.2. The average Bonchev–Trinajstić information content (AvgIpc) is 3.24. The molecule has 1 aliphatic carbocycles. The topological polar surface area (TPSA) is 58.4 Å². The van der Waals surface area contributed by atoms with Gasteiger partial charge in [0.25, 0.3) is 5.91 Å². The fraction of sp³-hybridized carbons (Fsp3) is 0.400. The Labute approximate surface area is 132 Å². The molecule has 1 saturated carbocycles. The monoisotopic (exact) mass is 323 g/mol. The summed E-state index contributed by atoms with van der Waals surface area (Å²) in [4.78, 5) is 15.1. The van der Waals surface area contributed by atoms with Crippen LogP contribution in [0.4, 0.5) is 5.69 Å². The van der Waals surface area contributed by atoms with Gasteiger partial charge in [-0.2, -0.15) is 0 Å². The predicted octanol–water partition coefficient (Wildman–Crippen LogP) is 2.96. The lowest BCUT2D eigenvalue weighted by Crippen LogP contribution is -2.33. The highest BCUT2D eigenvalue weighted by atomic mass is 35.5. The molecule has 3 N–H and O–H groups in total. The van der Waals surface area contributed by atoms with Gasteiger partial charge in [0.2, 0.25) is 0 Å². The summed E-state index contributed by atoms with van der Waals surface area (Å²) in [6, 6.07) is 6.20. The molecule has 0 aliphatic heterocycles. The zero-order valence-electron chi connectivity index (χ0n) is 11.9. The first-order valence-corrected chi connectivity index (χ1v) is 8.21. The minimum atomic E-state index is -0.103. The van der Waals surface area contributed by atoms with Crippen molar-refractivity contribution >= 4 is 44.6 Å². The SMILES string of the molecule is CN(CCNC(=O)c1sc2cc(Cl)ccc2c1N)C1CC1. The summed E-state index contributed by atoms with van der Waals surface area (Å²) in [6.07, 6.45) is 2.54. The number of carbonyl (C=O) groups is 1. The van der Waals surface area contributed by atoms with E-state index in [0.717, 1.165) is 16.6 Å². The third-order valence-corrected chi connectivity index (χ3v) is 5.22. The van der Waals surface area contributed by atoms with Crippen LogP contribution in [0.15, 0.2) is 18.2 Å². The number of nitrogen functional groups attached to an aromatic ring is 1.